The van der Waals surface area contributed by atoms with Crippen LogP contribution in [0.3, 0.4) is 0 Å². The van der Waals surface area contributed by atoms with Crippen molar-refractivity contribution < 1.29 is 14.2 Å². The highest BCUT2D eigenvalue weighted by atomic mass is 16.5. The number of pyridine rings is 4. The highest BCUT2D eigenvalue weighted by molar-refractivity contribution is 6.01. The van der Waals surface area contributed by atoms with Crippen LogP contribution in [0.5, 0.6) is 5.75 Å². The van der Waals surface area contributed by atoms with Gasteiger partial charge in [-0.25, -0.2) is 38.0 Å². The number of nitrogens with zero attached hydrogens (tertiary/aromatic N) is 27. The molecule has 0 bridgehead atoms. The normalized spacial score (nSPS) is 18.6. The van der Waals surface area contributed by atoms with Crippen molar-refractivity contribution in [2.45, 2.75) is 84.3 Å². The number of morpholine rings is 1. The molecule has 0 spiro atoms. The summed E-state index contributed by atoms with van der Waals surface area (Å²) in [6.45, 7) is 39.0. The first-order chi connectivity index (χ1) is 65.8. The van der Waals surface area contributed by atoms with Crippen LogP contribution in [0.15, 0.2) is 196 Å². The molecule has 134 heavy (non-hydrogen) atoms. The number of piperazine rings is 4. The van der Waals surface area contributed by atoms with E-state index in [1.807, 2.05) is 131 Å². The first kappa shape index (κ1) is 88.2. The Hall–Kier alpha value is -12.4. The minimum atomic E-state index is 0.634. The van der Waals surface area contributed by atoms with Crippen LogP contribution in [0.25, 0.3) is 111 Å². The molecule has 0 amide bonds. The maximum atomic E-state index is 5.73. The number of fused-ring (bicyclic) bond motifs is 8. The maximum Gasteiger partial charge on any atom is 0.162 e. The molecule has 0 radical (unpaired) electrons. The monoisotopic (exact) mass is 1800 g/mol. The zero-order chi connectivity index (χ0) is 90.5. The van der Waals surface area contributed by atoms with Crippen LogP contribution in [-0.2, 0) is 9.47 Å². The number of aryl methyl sites for hydroxylation is 3. The number of rotatable bonds is 16. The van der Waals surface area contributed by atoms with Gasteiger partial charge in [-0.2, -0.15) is 20.4 Å². The number of hydrogen-bond acceptors (Lipinski definition) is 26. The fourth-order valence-electron chi connectivity index (χ4n) is 21.1. The van der Waals surface area contributed by atoms with E-state index in [9.17, 15) is 0 Å². The number of para-hydroxylation sites is 2. The van der Waals surface area contributed by atoms with Gasteiger partial charge in [-0.3, -0.25) is 44.4 Å². The third kappa shape index (κ3) is 19.3. The van der Waals surface area contributed by atoms with Crippen LogP contribution in [0.2, 0.25) is 0 Å². The van der Waals surface area contributed by atoms with E-state index in [2.05, 4.69) is 219 Å². The number of likely N-dealkylation sites (N-methyl/N-ethyl adjacent to an activating group) is 2. The summed E-state index contributed by atoms with van der Waals surface area (Å²) in [5.74, 6) is 0.848. The van der Waals surface area contributed by atoms with Gasteiger partial charge in [0.15, 0.2) is 22.6 Å². The van der Waals surface area contributed by atoms with E-state index >= 15 is 0 Å². The number of piperidine rings is 2. The van der Waals surface area contributed by atoms with Gasteiger partial charge in [-0.05, 0) is 169 Å². The molecule has 8 fully saturated rings. The van der Waals surface area contributed by atoms with Crippen molar-refractivity contribution >= 4 is 88.9 Å². The molecule has 16 aromatic rings. The fourth-order valence-corrected chi connectivity index (χ4v) is 21.1. The van der Waals surface area contributed by atoms with Gasteiger partial charge in [-0.1, -0.05) is 48.0 Å². The van der Waals surface area contributed by atoms with E-state index < -0.39 is 0 Å². The molecular formula is C104H123N27O3. The van der Waals surface area contributed by atoms with Crippen LogP contribution in [-0.4, -0.2) is 335 Å². The predicted molar refractivity (Wildman–Crippen MR) is 532 cm³/mol. The second-order valence-corrected chi connectivity index (χ2v) is 37.3. The molecule has 8 aliphatic rings. The Morgan fingerprint density at radius 3 is 1.13 bits per heavy atom. The van der Waals surface area contributed by atoms with Crippen LogP contribution >= 0.6 is 0 Å². The summed E-state index contributed by atoms with van der Waals surface area (Å²) in [5, 5.41) is 23.1. The summed E-state index contributed by atoms with van der Waals surface area (Å²) in [7, 11) is 4.45. The molecule has 0 aliphatic carbocycles. The molecule has 0 atom stereocenters. The molecule has 4 aromatic carbocycles. The van der Waals surface area contributed by atoms with Crippen molar-refractivity contribution in [1.82, 2.24) is 113 Å². The smallest absolute Gasteiger partial charge is 0.162 e. The van der Waals surface area contributed by atoms with Crippen molar-refractivity contribution in [1.29, 1.82) is 0 Å². The highest BCUT2D eigenvalue weighted by Crippen LogP contribution is 2.39. The van der Waals surface area contributed by atoms with E-state index in [0.29, 0.717) is 24.7 Å². The molecule has 30 nitrogen and oxygen atoms in total. The maximum absolute atomic E-state index is 5.73. The van der Waals surface area contributed by atoms with Crippen molar-refractivity contribution in [2.24, 2.45) is 0 Å². The lowest BCUT2D eigenvalue weighted by Crippen LogP contribution is -2.52. The lowest BCUT2D eigenvalue weighted by atomic mass is 10.0. The zero-order valence-electron chi connectivity index (χ0n) is 78.3. The number of ether oxygens (including phenoxy) is 3. The Labute approximate surface area is 782 Å². The van der Waals surface area contributed by atoms with Gasteiger partial charge in [0, 0.05) is 256 Å². The van der Waals surface area contributed by atoms with Gasteiger partial charge in [0.25, 0.3) is 0 Å². The molecule has 0 N–H and O–H groups in total. The van der Waals surface area contributed by atoms with Gasteiger partial charge in [-0.15, -0.1) is 0 Å². The van der Waals surface area contributed by atoms with Gasteiger partial charge in [0.1, 0.15) is 5.75 Å². The molecule has 0 unspecified atom stereocenters. The van der Waals surface area contributed by atoms with E-state index in [1.165, 1.54) is 83.6 Å². The zero-order valence-corrected chi connectivity index (χ0v) is 78.3. The summed E-state index contributed by atoms with van der Waals surface area (Å²) >= 11 is 0. The predicted octanol–water partition coefficient (Wildman–Crippen LogP) is 13.3. The first-order valence-corrected chi connectivity index (χ1v) is 48.5. The molecule has 20 heterocycles. The van der Waals surface area contributed by atoms with Crippen LogP contribution in [0.1, 0.15) is 62.4 Å². The summed E-state index contributed by atoms with van der Waals surface area (Å²) in [5.41, 5.74) is 23.8. The van der Waals surface area contributed by atoms with Crippen molar-refractivity contribution in [3.8, 4) is 50.3 Å². The lowest BCUT2D eigenvalue weighted by molar-refractivity contribution is 0.0321. The standard InChI is InChI=1S/C27H33N7O.C26H31N7O.C26H31N7.C25H28N6O/c1-3-35-22-4-5-26-24(16-22)23(6-9-28-26)25-18-30-34-19-21(17-29-27(25)34)32-10-7-20(8-11-32)33-14-12-31(2)13-15-33;1-20-16-23(22-4-2-3-5-25(22)29-20)24-18-28-33-19-21(17-27-26(24)33)32-10-8-30(9-11-32)6-7-31-12-14-34-15-13-31;1-19-3-4-25-23(15-19)22(5-8-27-25)24-17-29-33-18-21(16-28-26(24)33)31-9-6-20(7-10-31)32-13-11-30(2)12-14-32;1-18-14-22(21-4-2-3-5-24(21)28-18)23-16-27-31-17-20(15-26-25(23)31)30-10-8-29(9-11-30)19-6-12-32-13-7-19/h4-6,9,16-20H,3,7-8,10-15H2,1-2H3;2-5,16-19H,6-15H2,1H3;3-5,8,15-18,20H,6-7,9-14H2,1-2H3;2-5,14-17,19H,6-13H2,1H3. The summed E-state index contributed by atoms with van der Waals surface area (Å²) in [4.78, 5) is 65.6. The van der Waals surface area contributed by atoms with E-state index in [0.717, 1.165) is 295 Å². The number of hydrogen-bond donors (Lipinski definition) is 0. The Morgan fingerprint density at radius 2 is 0.694 bits per heavy atom. The Bertz CT molecular complexity index is 6750. The van der Waals surface area contributed by atoms with Gasteiger partial charge in [0.2, 0.25) is 0 Å². The quantitative estimate of drug-likeness (QED) is 0.0874. The number of aromatic nitrogens is 16. The van der Waals surface area contributed by atoms with Crippen molar-refractivity contribution in [3.63, 3.8) is 0 Å². The summed E-state index contributed by atoms with van der Waals surface area (Å²) in [6, 6.07) is 39.4. The molecule has 0 saturated carbocycles. The topological polar surface area (TPSA) is 236 Å². The van der Waals surface area contributed by atoms with Crippen LogP contribution in [0, 0.1) is 20.8 Å². The van der Waals surface area contributed by atoms with Crippen molar-refractivity contribution in [3.05, 3.63) is 213 Å². The third-order valence-electron chi connectivity index (χ3n) is 28.9. The summed E-state index contributed by atoms with van der Waals surface area (Å²) < 4.78 is 24.4. The molecular weight excluding hydrogens is 1680 g/mol. The second-order valence-electron chi connectivity index (χ2n) is 37.3. The van der Waals surface area contributed by atoms with Gasteiger partial charge < -0.3 is 43.6 Å². The van der Waals surface area contributed by atoms with Gasteiger partial charge >= 0.3 is 0 Å². The molecule has 8 aliphatic heterocycles. The highest BCUT2D eigenvalue weighted by Gasteiger charge is 2.32. The SMILES string of the molecule is CCOc1ccc2nccc(-c3cnn4cc(N5CCC(N6CCN(C)CC6)CC5)cnc34)c2c1.Cc1cc(-c2cnn3cc(N4CCN(C5CCOCC5)CC4)cnc23)c2ccccc2n1.Cc1cc(-c2cnn3cc(N4CCN(CCN5CCOCC5)CC4)cnc23)c2ccccc2n1.Cc1ccc2nccc(-c3cnn4cc(N5CCC(N6CCN(C)CC6)CC5)cnc34)c2c1. The van der Waals surface area contributed by atoms with Crippen molar-refractivity contribution in [2.75, 3.05) is 224 Å². The minimum Gasteiger partial charge on any atom is -0.494 e. The minimum absolute atomic E-state index is 0.634. The molecule has 8 saturated heterocycles. The van der Waals surface area contributed by atoms with E-state index in [-0.39, 0.29) is 0 Å². The van der Waals surface area contributed by atoms with Gasteiger partial charge in [0.05, 0.1) is 139 Å². The van der Waals surface area contributed by atoms with Crippen LogP contribution in [0.4, 0.5) is 22.7 Å². The van der Waals surface area contributed by atoms with E-state index in [1.54, 1.807) is 0 Å². The Balaban J connectivity index is 0.000000107. The first-order valence-electron chi connectivity index (χ1n) is 48.5. The van der Waals surface area contributed by atoms with Crippen LogP contribution < -0.4 is 24.3 Å². The third-order valence-corrected chi connectivity index (χ3v) is 28.9. The average molecular weight is 1800 g/mol. The molecule has 692 valence electrons. The second kappa shape index (κ2) is 40.1. The number of anilines is 4. The fraction of sp³-hybridized carbons (Fsp3) is 0.423. The molecule has 12 aromatic heterocycles. The lowest BCUT2D eigenvalue weighted by Gasteiger charge is -2.42. The number of benzene rings is 4. The Morgan fingerprint density at radius 1 is 0.321 bits per heavy atom. The molecule has 24 rings (SSSR count). The Kier molecular flexibility index (Phi) is 26.4. The summed E-state index contributed by atoms with van der Waals surface area (Å²) in [6.07, 6.45) is 35.1. The largest absolute Gasteiger partial charge is 0.494 e. The molecule has 30 heteroatoms. The van der Waals surface area contributed by atoms with E-state index in [4.69, 9.17) is 34.1 Å². The average Bonchev–Trinajstić information content (AvgIpc) is 1.58.